The third-order valence-corrected chi connectivity index (χ3v) is 4.64. The fourth-order valence-corrected chi connectivity index (χ4v) is 3.06. The summed E-state index contributed by atoms with van der Waals surface area (Å²) in [5.74, 6) is -0.834. The van der Waals surface area contributed by atoms with Crippen molar-refractivity contribution in [2.24, 2.45) is 0 Å². The number of hydrogen-bond donors (Lipinski definition) is 4. The third-order valence-electron chi connectivity index (χ3n) is 4.64. The first-order valence-electron chi connectivity index (χ1n) is 11.2. The van der Waals surface area contributed by atoms with Crippen molar-refractivity contribution in [1.82, 2.24) is 19.9 Å². The number of benzene rings is 1. The van der Waals surface area contributed by atoms with Crippen LogP contribution in [0.4, 0.5) is 36.6 Å². The minimum absolute atomic E-state index is 0.0761. The molecule has 0 radical (unpaired) electrons. The van der Waals surface area contributed by atoms with Crippen LogP contribution in [0.25, 0.3) is 5.65 Å². The highest BCUT2D eigenvalue weighted by Crippen LogP contribution is 2.40. The van der Waals surface area contributed by atoms with Crippen LogP contribution in [0.3, 0.4) is 0 Å². The molecule has 162 valence electrons. The number of alkyl halides is 1. The molecule has 0 saturated heterocycles. The highest BCUT2D eigenvalue weighted by molar-refractivity contribution is 5.93. The quantitative estimate of drug-likeness (QED) is 0.487. The van der Waals surface area contributed by atoms with Crippen LogP contribution in [0.1, 0.15) is 11.9 Å². The second kappa shape index (κ2) is 7.45. The van der Waals surface area contributed by atoms with E-state index in [0.717, 1.165) is 12.1 Å². The first-order valence-corrected chi connectivity index (χ1v) is 9.24. The van der Waals surface area contributed by atoms with Gasteiger partial charge >= 0.3 is 6.03 Å². The lowest BCUT2D eigenvalue weighted by Gasteiger charge is -2.21. The van der Waals surface area contributed by atoms with Crippen LogP contribution in [-0.2, 0) is 0 Å². The normalized spacial score (nSPS) is 24.2. The zero-order valence-corrected chi connectivity index (χ0v) is 16.0. The Kier molecular flexibility index (Phi) is 3.62. The van der Waals surface area contributed by atoms with Crippen LogP contribution < -0.4 is 30.7 Å². The second-order valence-corrected chi connectivity index (χ2v) is 6.84. The van der Waals surface area contributed by atoms with Gasteiger partial charge in [-0.15, -0.1) is 0 Å². The van der Waals surface area contributed by atoms with Crippen molar-refractivity contribution in [3.8, 4) is 11.5 Å². The van der Waals surface area contributed by atoms with Gasteiger partial charge in [0.2, 0.25) is 0 Å². The number of halogens is 2. The number of amides is 2. The predicted octanol–water partition coefficient (Wildman–Crippen LogP) is 2.66. The number of urea groups is 1. The molecule has 1 aliphatic heterocycles. The molecule has 3 aromatic rings. The summed E-state index contributed by atoms with van der Waals surface area (Å²) in [4.78, 5) is 16.6. The van der Waals surface area contributed by atoms with E-state index in [2.05, 4.69) is 31.3 Å². The lowest BCUT2D eigenvalue weighted by molar-refractivity contribution is 0.172. The highest BCUT2D eigenvalue weighted by atomic mass is 19.1. The summed E-state index contributed by atoms with van der Waals surface area (Å²) in [5, 5.41) is 15.0. The molecule has 2 aromatic heterocycles. The summed E-state index contributed by atoms with van der Waals surface area (Å²) >= 11 is 0. The van der Waals surface area contributed by atoms with Gasteiger partial charge < -0.3 is 30.7 Å². The Morgan fingerprint density at radius 1 is 1.29 bits per heavy atom. The lowest BCUT2D eigenvalue weighted by Crippen LogP contribution is -2.31. The molecule has 31 heavy (non-hydrogen) atoms. The number of ether oxygens (including phenoxy) is 2. The number of anilines is 4. The molecule has 0 bridgehead atoms. The van der Waals surface area contributed by atoms with Gasteiger partial charge in [-0.2, -0.15) is 9.61 Å². The highest BCUT2D eigenvalue weighted by Gasteiger charge is 2.38. The summed E-state index contributed by atoms with van der Waals surface area (Å²) < 4.78 is 70.0. The van der Waals surface area contributed by atoms with E-state index in [1.54, 1.807) is 7.05 Å². The molecule has 1 aliphatic carbocycles. The molecule has 2 aliphatic rings. The molecule has 12 heteroatoms. The van der Waals surface area contributed by atoms with Crippen molar-refractivity contribution >= 4 is 34.7 Å². The van der Waals surface area contributed by atoms with Gasteiger partial charge in [0.25, 0.3) is 0 Å². The van der Waals surface area contributed by atoms with Gasteiger partial charge in [-0.3, -0.25) is 0 Å². The number of nitrogens with zero attached hydrogens (tertiary/aromatic N) is 3. The molecule has 5 rings (SSSR count). The third kappa shape index (κ3) is 3.71. The van der Waals surface area contributed by atoms with Gasteiger partial charge in [0.05, 0.1) is 23.4 Å². The molecule has 0 unspecified atom stereocenters. The maximum absolute atomic E-state index is 14.3. The number of hydrogen-bond acceptors (Lipinski definition) is 7. The predicted molar refractivity (Wildman–Crippen MR) is 109 cm³/mol. The van der Waals surface area contributed by atoms with E-state index in [0.29, 0.717) is 5.82 Å². The van der Waals surface area contributed by atoms with Crippen LogP contribution in [-0.4, -0.2) is 53.0 Å². The minimum Gasteiger partial charge on any atom is -0.486 e. The summed E-state index contributed by atoms with van der Waals surface area (Å²) in [6, 6.07) is 2.23. The number of carbonyl (C=O) groups excluding carboxylic acids is 1. The van der Waals surface area contributed by atoms with Crippen molar-refractivity contribution < 1.29 is 28.5 Å². The second-order valence-electron chi connectivity index (χ2n) is 6.84. The molecule has 1 aromatic carbocycles. The maximum atomic E-state index is 14.3. The van der Waals surface area contributed by atoms with E-state index in [-0.39, 0.29) is 40.8 Å². The molecule has 10 nitrogen and oxygen atoms in total. The molecule has 2 amide bonds. The summed E-state index contributed by atoms with van der Waals surface area (Å²) in [6.07, 6.45) is 0.533. The van der Waals surface area contributed by atoms with Crippen LogP contribution in [0.5, 0.6) is 11.5 Å². The van der Waals surface area contributed by atoms with E-state index in [9.17, 15) is 13.6 Å². The fourth-order valence-electron chi connectivity index (χ4n) is 3.06. The molecule has 1 fully saturated rings. The smallest absolute Gasteiger partial charge is 0.319 e. The fraction of sp³-hybridized carbons (Fsp3) is 0.316. The molecular formula is C19H19F2N7O3. The Hall–Kier alpha value is -3.83. The van der Waals surface area contributed by atoms with Crippen molar-refractivity contribution in [2.45, 2.75) is 18.6 Å². The topological polar surface area (TPSA) is 114 Å². The Labute approximate surface area is 180 Å². The van der Waals surface area contributed by atoms with Crippen molar-refractivity contribution in [3.63, 3.8) is 0 Å². The van der Waals surface area contributed by atoms with E-state index < -0.39 is 37.2 Å². The minimum atomic E-state index is -2.86. The van der Waals surface area contributed by atoms with Gasteiger partial charge in [0.15, 0.2) is 17.1 Å². The van der Waals surface area contributed by atoms with Gasteiger partial charge in [-0.1, -0.05) is 0 Å². The number of rotatable bonds is 5. The maximum Gasteiger partial charge on any atom is 0.319 e. The Morgan fingerprint density at radius 3 is 2.87 bits per heavy atom. The van der Waals surface area contributed by atoms with Crippen LogP contribution in [0.15, 0.2) is 24.4 Å². The number of aromatic nitrogens is 3. The van der Waals surface area contributed by atoms with Crippen LogP contribution >= 0.6 is 0 Å². The van der Waals surface area contributed by atoms with Gasteiger partial charge in [0.1, 0.15) is 42.4 Å². The van der Waals surface area contributed by atoms with Crippen molar-refractivity contribution in [3.05, 3.63) is 30.2 Å². The molecule has 4 N–H and O–H groups in total. The van der Waals surface area contributed by atoms with Crippen LogP contribution in [0, 0.1) is 5.82 Å². The van der Waals surface area contributed by atoms with Gasteiger partial charge in [-0.05, 0) is 0 Å². The SMILES string of the molecule is [2H]C1([2H])Oc2cc(F)cc(Nc3cc(NC)n4ncc(NC(=O)N[C@@H]5C[C@@H]5F)c4n3)c2OC1([2H])[2H]. The average molecular weight is 435 g/mol. The lowest BCUT2D eigenvalue weighted by atomic mass is 10.2. The molecule has 0 spiro atoms. The largest absolute Gasteiger partial charge is 0.486 e. The van der Waals surface area contributed by atoms with Crippen LogP contribution in [0.2, 0.25) is 0 Å². The Bertz CT molecular complexity index is 1340. The average Bonchev–Trinajstić information content (AvgIpc) is 3.30. The zero-order chi connectivity index (χ0) is 25.1. The number of nitrogens with one attached hydrogen (secondary N) is 4. The first-order chi connectivity index (χ1) is 16.5. The molecule has 3 heterocycles. The summed E-state index contributed by atoms with van der Waals surface area (Å²) in [7, 11) is 1.62. The standard InChI is InChI=1S/C19H19F2N7O3/c1-22-16-7-15(24-12-4-9(20)5-14-17(12)31-3-2-30-14)27-18-13(8-23-28(16)18)26-19(29)25-11-6-10(11)21/h4-5,7-8,10-11,22H,2-3,6H2,1H3,(H,24,27)(H2,25,26,29)/t10-,11+/m0/s1/i2D2,3D2. The van der Waals surface area contributed by atoms with E-state index in [1.807, 2.05) is 0 Å². The zero-order valence-electron chi connectivity index (χ0n) is 20.0. The number of carbonyl (C=O) groups is 1. The summed E-state index contributed by atoms with van der Waals surface area (Å²) in [6.45, 7) is -5.72. The molecule has 1 saturated carbocycles. The van der Waals surface area contributed by atoms with E-state index in [1.165, 1.54) is 16.8 Å². The summed E-state index contributed by atoms with van der Waals surface area (Å²) in [5.41, 5.74) is 0.327. The monoisotopic (exact) mass is 435 g/mol. The Balaban J connectivity index is 1.49. The first kappa shape index (κ1) is 15.0. The van der Waals surface area contributed by atoms with Crippen molar-refractivity contribution in [2.75, 3.05) is 36.1 Å². The number of fused-ring (bicyclic) bond motifs is 2. The van der Waals surface area contributed by atoms with Gasteiger partial charge in [-0.25, -0.2) is 18.6 Å². The molecular weight excluding hydrogens is 412 g/mol. The van der Waals surface area contributed by atoms with E-state index in [4.69, 9.17) is 15.0 Å². The van der Waals surface area contributed by atoms with E-state index >= 15 is 0 Å². The van der Waals surface area contributed by atoms with Crippen molar-refractivity contribution in [1.29, 1.82) is 0 Å². The Morgan fingerprint density at radius 2 is 2.10 bits per heavy atom. The molecule has 2 atom stereocenters. The van der Waals surface area contributed by atoms with Gasteiger partial charge in [0, 0.05) is 31.7 Å².